The Bertz CT molecular complexity index is 824. The van der Waals surface area contributed by atoms with E-state index in [0.29, 0.717) is 19.3 Å². The number of unbranched alkanes of at least 4 members (excludes halogenated alkanes) is 27. The molecule has 6 nitrogen and oxygen atoms in total. The number of hydrogen-bond acceptors (Lipinski definition) is 6. The lowest BCUT2D eigenvalue weighted by atomic mass is 10.0. The molecule has 0 bridgehead atoms. The number of carbonyl (C=O) groups is 3. The molecule has 0 aromatic heterocycles. The van der Waals surface area contributed by atoms with E-state index in [1.165, 1.54) is 141 Å². The van der Waals surface area contributed by atoms with Crippen LogP contribution in [0.15, 0.2) is 0 Å². The first-order chi connectivity index (χ1) is 26.2. The molecule has 0 aromatic rings. The van der Waals surface area contributed by atoms with Gasteiger partial charge in [-0.1, -0.05) is 221 Å². The number of rotatable bonds is 42. The molecule has 0 aliphatic rings. The van der Waals surface area contributed by atoms with Crippen molar-refractivity contribution >= 4 is 17.9 Å². The van der Waals surface area contributed by atoms with Crippen molar-refractivity contribution in [1.29, 1.82) is 0 Å². The summed E-state index contributed by atoms with van der Waals surface area (Å²) in [6.45, 7) is 11.3. The van der Waals surface area contributed by atoms with E-state index in [1.54, 1.807) is 0 Å². The lowest BCUT2D eigenvalue weighted by Gasteiger charge is -2.18. The number of esters is 3. The molecule has 0 aliphatic heterocycles. The van der Waals surface area contributed by atoms with E-state index in [0.717, 1.165) is 76.0 Å². The van der Waals surface area contributed by atoms with Gasteiger partial charge in [0.1, 0.15) is 13.2 Å². The fraction of sp³-hybridized carbons (Fsp3) is 0.938. The average Bonchev–Trinajstić information content (AvgIpc) is 3.14. The molecular formula is C48H92O6. The summed E-state index contributed by atoms with van der Waals surface area (Å²) in [5.41, 5.74) is 0. The van der Waals surface area contributed by atoms with Crippen LogP contribution in [-0.4, -0.2) is 37.2 Å². The Morgan fingerprint density at radius 2 is 0.611 bits per heavy atom. The first-order valence-corrected chi connectivity index (χ1v) is 23.7. The van der Waals surface area contributed by atoms with E-state index in [9.17, 15) is 14.4 Å². The first-order valence-electron chi connectivity index (χ1n) is 23.7. The minimum atomic E-state index is -0.758. The molecule has 0 N–H and O–H groups in total. The molecule has 0 saturated heterocycles. The predicted octanol–water partition coefficient (Wildman–Crippen LogP) is 15.0. The quantitative estimate of drug-likeness (QED) is 0.0350. The van der Waals surface area contributed by atoms with Crippen molar-refractivity contribution in [1.82, 2.24) is 0 Å². The van der Waals surface area contributed by atoms with Crippen molar-refractivity contribution in [3.63, 3.8) is 0 Å². The molecule has 54 heavy (non-hydrogen) atoms. The highest BCUT2D eigenvalue weighted by Crippen LogP contribution is 2.17. The molecule has 0 rings (SSSR count). The maximum Gasteiger partial charge on any atom is 0.306 e. The highest BCUT2D eigenvalue weighted by Gasteiger charge is 2.19. The lowest BCUT2D eigenvalue weighted by molar-refractivity contribution is -0.167. The SMILES string of the molecule is CCCCCCCC(=O)O[C@H](COC(=O)CCCCCCCCCCCCCCCCCCC(C)C)COC(=O)CCCCCCCCCCCC(C)C. The van der Waals surface area contributed by atoms with Gasteiger partial charge in [0.25, 0.3) is 0 Å². The normalized spacial score (nSPS) is 12.1. The molecule has 0 radical (unpaired) electrons. The van der Waals surface area contributed by atoms with Crippen LogP contribution in [0.1, 0.15) is 259 Å². The van der Waals surface area contributed by atoms with Gasteiger partial charge >= 0.3 is 17.9 Å². The Kier molecular flexibility index (Phi) is 39.8. The third kappa shape index (κ3) is 41.6. The summed E-state index contributed by atoms with van der Waals surface area (Å²) in [4.78, 5) is 37.5. The second kappa shape index (κ2) is 41.1. The molecule has 1 atom stereocenters. The van der Waals surface area contributed by atoms with Crippen LogP contribution in [0.3, 0.4) is 0 Å². The van der Waals surface area contributed by atoms with Gasteiger partial charge in [-0.05, 0) is 31.1 Å². The first kappa shape index (κ1) is 52.4. The van der Waals surface area contributed by atoms with Gasteiger partial charge in [-0.2, -0.15) is 0 Å². The van der Waals surface area contributed by atoms with Crippen LogP contribution in [0.2, 0.25) is 0 Å². The second-order valence-electron chi connectivity index (χ2n) is 17.3. The van der Waals surface area contributed by atoms with E-state index in [1.807, 2.05) is 0 Å². The minimum Gasteiger partial charge on any atom is -0.462 e. The van der Waals surface area contributed by atoms with E-state index < -0.39 is 6.10 Å². The van der Waals surface area contributed by atoms with Crippen LogP contribution in [0.25, 0.3) is 0 Å². The van der Waals surface area contributed by atoms with Crippen molar-refractivity contribution in [3.05, 3.63) is 0 Å². The van der Waals surface area contributed by atoms with Crippen molar-refractivity contribution < 1.29 is 28.6 Å². The van der Waals surface area contributed by atoms with Gasteiger partial charge in [0.2, 0.25) is 0 Å². The van der Waals surface area contributed by atoms with Gasteiger partial charge in [-0.3, -0.25) is 14.4 Å². The van der Waals surface area contributed by atoms with Gasteiger partial charge in [0, 0.05) is 19.3 Å². The third-order valence-corrected chi connectivity index (χ3v) is 10.7. The third-order valence-electron chi connectivity index (χ3n) is 10.7. The van der Waals surface area contributed by atoms with Crippen molar-refractivity contribution in [2.24, 2.45) is 11.8 Å². The highest BCUT2D eigenvalue weighted by atomic mass is 16.6. The molecule has 320 valence electrons. The molecule has 0 unspecified atom stereocenters. The summed E-state index contributed by atoms with van der Waals surface area (Å²) in [6.07, 6.45) is 39.8. The fourth-order valence-electron chi connectivity index (χ4n) is 7.11. The summed E-state index contributed by atoms with van der Waals surface area (Å²) in [6, 6.07) is 0. The Balaban J connectivity index is 4.07. The molecule has 0 heterocycles. The summed E-state index contributed by atoms with van der Waals surface area (Å²) >= 11 is 0. The zero-order valence-corrected chi connectivity index (χ0v) is 36.8. The summed E-state index contributed by atoms with van der Waals surface area (Å²) < 4.78 is 16.6. The molecule has 0 amide bonds. The Morgan fingerprint density at radius 1 is 0.352 bits per heavy atom. The van der Waals surface area contributed by atoms with Crippen molar-refractivity contribution in [2.75, 3.05) is 13.2 Å². The van der Waals surface area contributed by atoms with Crippen LogP contribution in [0, 0.1) is 11.8 Å². The molecule has 0 saturated carbocycles. The minimum absolute atomic E-state index is 0.0659. The number of hydrogen-bond donors (Lipinski definition) is 0. The standard InChI is InChI=1S/C48H92O6/c1-6-7-8-26-35-40-48(51)54-45(42-53-47(50)39-34-30-25-21-17-19-23-28-32-37-44(4)5)41-52-46(49)38-33-29-24-20-16-14-12-10-9-11-13-15-18-22-27-31-36-43(2)3/h43-45H,6-42H2,1-5H3/t45-/m1/s1. The zero-order chi connectivity index (χ0) is 39.7. The van der Waals surface area contributed by atoms with E-state index >= 15 is 0 Å². The van der Waals surface area contributed by atoms with Crippen LogP contribution < -0.4 is 0 Å². The zero-order valence-electron chi connectivity index (χ0n) is 36.8. The average molecular weight is 765 g/mol. The largest absolute Gasteiger partial charge is 0.462 e. The smallest absolute Gasteiger partial charge is 0.306 e. The van der Waals surface area contributed by atoms with Crippen LogP contribution >= 0.6 is 0 Å². The molecular weight excluding hydrogens is 673 g/mol. The van der Waals surface area contributed by atoms with Gasteiger partial charge in [0.05, 0.1) is 0 Å². The van der Waals surface area contributed by atoms with E-state index in [2.05, 4.69) is 34.6 Å². The summed E-state index contributed by atoms with van der Waals surface area (Å²) in [5, 5.41) is 0. The summed E-state index contributed by atoms with van der Waals surface area (Å²) in [5.74, 6) is 0.792. The van der Waals surface area contributed by atoms with Crippen LogP contribution in [-0.2, 0) is 28.6 Å². The molecule has 0 aliphatic carbocycles. The van der Waals surface area contributed by atoms with Crippen LogP contribution in [0.5, 0.6) is 0 Å². The Morgan fingerprint density at radius 3 is 0.907 bits per heavy atom. The maximum absolute atomic E-state index is 12.5. The monoisotopic (exact) mass is 765 g/mol. The fourth-order valence-corrected chi connectivity index (χ4v) is 7.11. The molecule has 0 aromatic carbocycles. The Labute approximate surface area is 336 Å². The topological polar surface area (TPSA) is 78.9 Å². The van der Waals surface area contributed by atoms with Gasteiger partial charge < -0.3 is 14.2 Å². The maximum atomic E-state index is 12.5. The number of carbonyl (C=O) groups excluding carboxylic acids is 3. The summed E-state index contributed by atoms with van der Waals surface area (Å²) in [7, 11) is 0. The predicted molar refractivity (Wildman–Crippen MR) is 229 cm³/mol. The van der Waals surface area contributed by atoms with Crippen LogP contribution in [0.4, 0.5) is 0 Å². The highest BCUT2D eigenvalue weighted by molar-refractivity contribution is 5.71. The number of ether oxygens (including phenoxy) is 3. The van der Waals surface area contributed by atoms with E-state index in [4.69, 9.17) is 14.2 Å². The van der Waals surface area contributed by atoms with Gasteiger partial charge in [0.15, 0.2) is 6.10 Å². The van der Waals surface area contributed by atoms with Gasteiger partial charge in [-0.25, -0.2) is 0 Å². The van der Waals surface area contributed by atoms with Gasteiger partial charge in [-0.15, -0.1) is 0 Å². The molecule has 0 spiro atoms. The van der Waals surface area contributed by atoms with Crippen molar-refractivity contribution in [3.8, 4) is 0 Å². The second-order valence-corrected chi connectivity index (χ2v) is 17.3. The lowest BCUT2D eigenvalue weighted by Crippen LogP contribution is -2.30. The Hall–Kier alpha value is -1.59. The van der Waals surface area contributed by atoms with E-state index in [-0.39, 0.29) is 31.1 Å². The molecule has 0 fully saturated rings. The van der Waals surface area contributed by atoms with Crippen molar-refractivity contribution in [2.45, 2.75) is 265 Å². The molecule has 6 heteroatoms.